The number of amides is 2. The van der Waals surface area contributed by atoms with Crippen LogP contribution in [0.15, 0.2) is 24.7 Å². The van der Waals surface area contributed by atoms with E-state index in [1.165, 1.54) is 0 Å². The molecular weight excluding hydrogens is 344 g/mol. The van der Waals surface area contributed by atoms with Crippen molar-refractivity contribution < 1.29 is 9.59 Å². The van der Waals surface area contributed by atoms with Gasteiger partial charge < -0.3 is 15.5 Å². The molecule has 8 heteroatoms. The molecule has 2 aromatic rings. The number of hydrogen-bond acceptors (Lipinski definition) is 5. The number of rotatable bonds is 3. The lowest BCUT2D eigenvalue weighted by atomic mass is 9.72. The normalized spacial score (nSPS) is 30.2. The Labute approximate surface area is 157 Å². The van der Waals surface area contributed by atoms with Crippen LogP contribution in [0.3, 0.4) is 0 Å². The Morgan fingerprint density at radius 2 is 2.22 bits per heavy atom. The Morgan fingerprint density at radius 3 is 3.15 bits per heavy atom. The summed E-state index contributed by atoms with van der Waals surface area (Å²) < 4.78 is 1.59. The fraction of sp³-hybridized carbons (Fsp3) is 0.579. The first-order valence-electron chi connectivity index (χ1n) is 9.81. The zero-order valence-electron chi connectivity index (χ0n) is 15.2. The van der Waals surface area contributed by atoms with Crippen molar-refractivity contribution in [3.8, 4) is 0 Å². The van der Waals surface area contributed by atoms with Crippen molar-refractivity contribution in [2.24, 2.45) is 11.8 Å². The lowest BCUT2D eigenvalue weighted by Gasteiger charge is -2.54. The van der Waals surface area contributed by atoms with Crippen LogP contribution in [0.5, 0.6) is 0 Å². The largest absolute Gasteiger partial charge is 0.350 e. The van der Waals surface area contributed by atoms with Crippen molar-refractivity contribution in [1.29, 1.82) is 0 Å². The van der Waals surface area contributed by atoms with Crippen LogP contribution in [0.1, 0.15) is 36.0 Å². The number of nitrogens with zero attached hydrogens (tertiary/aromatic N) is 4. The van der Waals surface area contributed by atoms with E-state index in [2.05, 4.69) is 25.6 Å². The van der Waals surface area contributed by atoms with Crippen molar-refractivity contribution in [2.45, 2.75) is 37.8 Å². The number of fused-ring (bicyclic) bond motifs is 5. The fourth-order valence-corrected chi connectivity index (χ4v) is 5.18. The lowest BCUT2D eigenvalue weighted by Crippen LogP contribution is -2.66. The summed E-state index contributed by atoms with van der Waals surface area (Å²) in [5.41, 5.74) is 1.01. The van der Waals surface area contributed by atoms with Gasteiger partial charge in [0.05, 0.1) is 12.2 Å². The molecule has 0 spiro atoms. The molecule has 0 unspecified atom stereocenters. The Bertz CT molecular complexity index is 880. The van der Waals surface area contributed by atoms with Gasteiger partial charge in [-0.2, -0.15) is 5.10 Å². The zero-order chi connectivity index (χ0) is 18.4. The van der Waals surface area contributed by atoms with Crippen LogP contribution >= 0.6 is 0 Å². The molecule has 27 heavy (non-hydrogen) atoms. The standard InChI is InChI=1S/C19H24N6O2/c26-17-4-1-3-15-12-7-13(9-20-8-12)16(25(15)17)11-22-19(27)14-10-23-24-6-2-5-21-18(14)24/h2,5-6,10,12-13,15-16,20H,1,3-4,7-9,11H2,(H,22,27)/t12-,13+,15+,16+/m1/s1. The van der Waals surface area contributed by atoms with Gasteiger partial charge in [-0.15, -0.1) is 0 Å². The summed E-state index contributed by atoms with van der Waals surface area (Å²) in [7, 11) is 0. The molecule has 3 fully saturated rings. The predicted octanol–water partition coefficient (Wildman–Crippen LogP) is 0.448. The van der Waals surface area contributed by atoms with E-state index in [1.54, 1.807) is 29.2 Å². The highest BCUT2D eigenvalue weighted by Gasteiger charge is 2.47. The maximum Gasteiger partial charge on any atom is 0.256 e. The molecule has 0 saturated carbocycles. The van der Waals surface area contributed by atoms with Gasteiger partial charge in [0.2, 0.25) is 5.91 Å². The Kier molecular flexibility index (Phi) is 4.07. The molecule has 5 heterocycles. The molecule has 3 saturated heterocycles. The third kappa shape index (κ3) is 2.79. The zero-order valence-corrected chi connectivity index (χ0v) is 15.2. The SMILES string of the molecule is O=C(NC[C@H]1[C@@H]2CNC[C@@H](C2)[C@@H]2CCCC(=O)N21)c1cnn2cccnc12. The Balaban J connectivity index is 1.35. The molecule has 3 aliphatic rings. The summed E-state index contributed by atoms with van der Waals surface area (Å²) in [6.07, 6.45) is 8.80. The van der Waals surface area contributed by atoms with Crippen molar-refractivity contribution in [3.05, 3.63) is 30.2 Å². The molecule has 2 N–H and O–H groups in total. The van der Waals surface area contributed by atoms with E-state index in [0.717, 1.165) is 32.4 Å². The minimum absolute atomic E-state index is 0.0607. The van der Waals surface area contributed by atoms with Crippen LogP contribution in [0.2, 0.25) is 0 Å². The van der Waals surface area contributed by atoms with Crippen LogP contribution in [0.25, 0.3) is 5.65 Å². The summed E-state index contributed by atoms with van der Waals surface area (Å²) in [5, 5.41) is 10.8. The smallest absolute Gasteiger partial charge is 0.256 e. The molecule has 8 nitrogen and oxygen atoms in total. The lowest BCUT2D eigenvalue weighted by molar-refractivity contribution is -0.148. The van der Waals surface area contributed by atoms with Crippen LogP contribution in [0, 0.1) is 11.8 Å². The quantitative estimate of drug-likeness (QED) is 0.821. The van der Waals surface area contributed by atoms with Crippen LogP contribution in [-0.2, 0) is 4.79 Å². The second-order valence-electron chi connectivity index (χ2n) is 7.90. The van der Waals surface area contributed by atoms with Crippen LogP contribution in [-0.4, -0.2) is 63.0 Å². The van der Waals surface area contributed by atoms with Gasteiger partial charge in [-0.05, 0) is 43.7 Å². The van der Waals surface area contributed by atoms with Gasteiger partial charge in [-0.1, -0.05) is 0 Å². The maximum atomic E-state index is 12.8. The Hall–Kier alpha value is -2.48. The van der Waals surface area contributed by atoms with Crippen LogP contribution in [0.4, 0.5) is 0 Å². The average molecular weight is 368 g/mol. The molecule has 2 bridgehead atoms. The molecule has 5 rings (SSSR count). The van der Waals surface area contributed by atoms with E-state index >= 15 is 0 Å². The summed E-state index contributed by atoms with van der Waals surface area (Å²) in [6.45, 7) is 2.38. The van der Waals surface area contributed by atoms with Gasteiger partial charge in [-0.3, -0.25) is 9.59 Å². The predicted molar refractivity (Wildman–Crippen MR) is 98.1 cm³/mol. The van der Waals surface area contributed by atoms with E-state index in [1.807, 2.05) is 0 Å². The van der Waals surface area contributed by atoms with E-state index in [4.69, 9.17) is 0 Å². The highest BCUT2D eigenvalue weighted by atomic mass is 16.2. The molecule has 3 aliphatic heterocycles. The summed E-state index contributed by atoms with van der Waals surface area (Å²) in [4.78, 5) is 31.8. The van der Waals surface area contributed by atoms with E-state index in [-0.39, 0.29) is 17.9 Å². The highest BCUT2D eigenvalue weighted by Crippen LogP contribution is 2.39. The van der Waals surface area contributed by atoms with Gasteiger partial charge in [0, 0.05) is 37.9 Å². The molecule has 2 amide bonds. The fourth-order valence-electron chi connectivity index (χ4n) is 5.18. The third-order valence-electron chi connectivity index (χ3n) is 6.40. The number of carbonyl (C=O) groups is 2. The summed E-state index contributed by atoms with van der Waals surface area (Å²) in [5.74, 6) is 1.00. The van der Waals surface area contributed by atoms with E-state index in [0.29, 0.717) is 42.1 Å². The minimum atomic E-state index is -0.185. The highest BCUT2D eigenvalue weighted by molar-refractivity contribution is 5.99. The van der Waals surface area contributed by atoms with Crippen molar-refractivity contribution in [3.63, 3.8) is 0 Å². The topological polar surface area (TPSA) is 91.6 Å². The molecule has 4 atom stereocenters. The first-order chi connectivity index (χ1) is 13.2. The van der Waals surface area contributed by atoms with Gasteiger partial charge in [0.15, 0.2) is 5.65 Å². The van der Waals surface area contributed by atoms with E-state index in [9.17, 15) is 9.59 Å². The van der Waals surface area contributed by atoms with Gasteiger partial charge in [-0.25, -0.2) is 9.50 Å². The molecule has 142 valence electrons. The van der Waals surface area contributed by atoms with Crippen molar-refractivity contribution in [2.75, 3.05) is 19.6 Å². The second kappa shape index (κ2) is 6.60. The number of nitrogens with one attached hydrogen (secondary N) is 2. The monoisotopic (exact) mass is 368 g/mol. The first-order valence-corrected chi connectivity index (χ1v) is 9.81. The summed E-state index contributed by atoms with van der Waals surface area (Å²) in [6, 6.07) is 2.15. The van der Waals surface area contributed by atoms with E-state index < -0.39 is 0 Å². The van der Waals surface area contributed by atoms with Crippen molar-refractivity contribution >= 4 is 17.5 Å². The Morgan fingerprint density at radius 1 is 1.33 bits per heavy atom. The maximum absolute atomic E-state index is 12.8. The minimum Gasteiger partial charge on any atom is -0.350 e. The molecule has 0 radical (unpaired) electrons. The first kappa shape index (κ1) is 16.7. The molecule has 0 aromatic carbocycles. The molecule has 2 aromatic heterocycles. The third-order valence-corrected chi connectivity index (χ3v) is 6.40. The van der Waals surface area contributed by atoms with Gasteiger partial charge in [0.25, 0.3) is 5.91 Å². The average Bonchev–Trinajstić information content (AvgIpc) is 3.13. The number of aromatic nitrogens is 3. The number of carbonyl (C=O) groups excluding carboxylic acids is 2. The number of hydrogen-bond donors (Lipinski definition) is 2. The van der Waals surface area contributed by atoms with Crippen LogP contribution < -0.4 is 10.6 Å². The van der Waals surface area contributed by atoms with Gasteiger partial charge in [0.1, 0.15) is 5.56 Å². The number of piperidine rings is 3. The molecule has 0 aliphatic carbocycles. The molecular formula is C19H24N6O2. The van der Waals surface area contributed by atoms with Crippen molar-refractivity contribution in [1.82, 2.24) is 30.1 Å². The second-order valence-corrected chi connectivity index (χ2v) is 7.90. The van der Waals surface area contributed by atoms with Gasteiger partial charge >= 0.3 is 0 Å². The summed E-state index contributed by atoms with van der Waals surface area (Å²) >= 11 is 0.